The van der Waals surface area contributed by atoms with Crippen molar-refractivity contribution >= 4 is 71.0 Å². The van der Waals surface area contributed by atoms with E-state index in [4.69, 9.17) is 24.7 Å². The van der Waals surface area contributed by atoms with Crippen LogP contribution < -0.4 is 37.6 Å². The number of carbonyl (C=O) groups excluding carboxylic acids is 11. The number of primary amides is 1. The second kappa shape index (κ2) is 36.8. The number of unbranched alkanes of at least 4 members (excludes halogenated alkanes) is 2. The van der Waals surface area contributed by atoms with Crippen molar-refractivity contribution in [3.63, 3.8) is 0 Å². The molecule has 522 valence electrons. The van der Waals surface area contributed by atoms with Crippen LogP contribution >= 0.6 is 0 Å². The molecule has 26 nitrogen and oxygen atoms in total. The summed E-state index contributed by atoms with van der Waals surface area (Å²) >= 11 is 0. The standard InChI is InChI=1S/C68H105N11O15/c1-15-42(8)57(50(91-13)37-53(82)78-35-23-27-49(78)59(92-14)60-64(86)71-44(10)58(94-60)46-24-18-16-19-25-46)76(11)66(88)55(40(4)5)75-63(85)56(41(6)7)77(12)68(90)93-38-45-29-31-47(32-30-45)72-61(83)48(26-22-33-70-67(69)89)73-62(84)54(39(2)3)74-51(80)28-20-17-21-34-79-52(81)36-43(9)65(79)87/h16,18-19,24-25,29-32,39-44,48-50,54-60H,15,17,20-23,26-28,33-38H2,1-14H3,(H,71,86)(H,72,83)(H,73,84)(H,74,80)(H,75,85)(H3,69,70,89)/t42-,43?,44+,48-,49-,50+,54-,55+,56-,57-,58+,59-,60+/m0/s1. The van der Waals surface area contributed by atoms with Crippen molar-refractivity contribution in [2.45, 2.75) is 213 Å². The fraction of sp³-hybridized carbons (Fsp3) is 0.662. The molecular formula is C68H105N11O15. The summed E-state index contributed by atoms with van der Waals surface area (Å²) < 4.78 is 24.4. The van der Waals surface area contributed by atoms with Crippen molar-refractivity contribution < 1.29 is 71.7 Å². The van der Waals surface area contributed by atoms with E-state index < -0.39 is 108 Å². The first-order valence-corrected chi connectivity index (χ1v) is 33.2. The second-order valence-electron chi connectivity index (χ2n) is 26.3. The molecule has 0 radical (unpaired) electrons. The maximum absolute atomic E-state index is 14.8. The maximum atomic E-state index is 14.8. The van der Waals surface area contributed by atoms with Crippen LogP contribution in [0.2, 0.25) is 0 Å². The molecule has 3 fully saturated rings. The summed E-state index contributed by atoms with van der Waals surface area (Å²) in [7, 11) is 6.10. The monoisotopic (exact) mass is 1320 g/mol. The van der Waals surface area contributed by atoms with Gasteiger partial charge in [-0.05, 0) is 92.4 Å². The summed E-state index contributed by atoms with van der Waals surface area (Å²) in [6.45, 7) is 18.8. The summed E-state index contributed by atoms with van der Waals surface area (Å²) in [5.41, 5.74) is 7.03. The van der Waals surface area contributed by atoms with Crippen molar-refractivity contribution in [2.24, 2.45) is 35.3 Å². The fourth-order valence-electron chi connectivity index (χ4n) is 12.7. The lowest BCUT2D eigenvalue weighted by molar-refractivity contribution is -0.173. The van der Waals surface area contributed by atoms with Crippen molar-refractivity contribution in [2.75, 3.05) is 53.3 Å². The number of nitrogens with two attached hydrogens (primary N) is 1. The molecule has 3 aliphatic heterocycles. The number of likely N-dealkylation sites (N-methyl/N-ethyl adjacent to an activating group) is 2. The molecule has 12 amide bonds. The van der Waals surface area contributed by atoms with Crippen LogP contribution in [-0.2, 0) is 68.7 Å². The highest BCUT2D eigenvalue weighted by Gasteiger charge is 2.48. The van der Waals surface area contributed by atoms with Gasteiger partial charge >= 0.3 is 12.1 Å². The zero-order chi connectivity index (χ0) is 69.7. The van der Waals surface area contributed by atoms with E-state index in [1.54, 1.807) is 89.6 Å². The lowest BCUT2D eigenvalue weighted by Crippen LogP contribution is -2.61. The van der Waals surface area contributed by atoms with Gasteiger partial charge in [-0.2, -0.15) is 0 Å². The predicted octanol–water partition coefficient (Wildman–Crippen LogP) is 5.32. The molecule has 0 aromatic heterocycles. The van der Waals surface area contributed by atoms with Crippen LogP contribution in [0.1, 0.15) is 157 Å². The molecule has 2 aromatic rings. The highest BCUT2D eigenvalue weighted by molar-refractivity contribution is 6.03. The van der Waals surface area contributed by atoms with E-state index >= 15 is 0 Å². The quantitative estimate of drug-likeness (QED) is 0.0339. The molecule has 3 aliphatic rings. The van der Waals surface area contributed by atoms with Crippen LogP contribution in [0, 0.1) is 29.6 Å². The highest BCUT2D eigenvalue weighted by atomic mass is 16.6. The van der Waals surface area contributed by atoms with Crippen LogP contribution in [-0.4, -0.2) is 193 Å². The van der Waals surface area contributed by atoms with Gasteiger partial charge in [0.2, 0.25) is 47.3 Å². The molecule has 2 aromatic carbocycles. The fourth-order valence-corrected chi connectivity index (χ4v) is 12.7. The number of hydrogen-bond donors (Lipinski definition) is 7. The molecule has 0 spiro atoms. The number of carbonyl (C=O) groups is 11. The summed E-state index contributed by atoms with van der Waals surface area (Å²) in [6, 6.07) is 9.63. The molecule has 3 saturated heterocycles. The first kappa shape index (κ1) is 77.0. The summed E-state index contributed by atoms with van der Waals surface area (Å²) in [5, 5.41) is 16.8. The number of urea groups is 1. The minimum absolute atomic E-state index is 0.0896. The van der Waals surface area contributed by atoms with Gasteiger partial charge < -0.3 is 66.4 Å². The maximum Gasteiger partial charge on any atom is 0.410 e. The van der Waals surface area contributed by atoms with Gasteiger partial charge in [0.05, 0.1) is 30.7 Å². The molecule has 26 heteroatoms. The van der Waals surface area contributed by atoms with Crippen LogP contribution in [0.15, 0.2) is 54.6 Å². The number of amides is 12. The third kappa shape index (κ3) is 21.1. The predicted molar refractivity (Wildman–Crippen MR) is 352 cm³/mol. The minimum Gasteiger partial charge on any atom is -0.445 e. The van der Waals surface area contributed by atoms with Crippen molar-refractivity contribution in [3.8, 4) is 0 Å². The average Bonchev–Trinajstić information content (AvgIpc) is 1.33. The molecule has 13 atom stereocenters. The third-order valence-corrected chi connectivity index (χ3v) is 18.2. The van der Waals surface area contributed by atoms with E-state index in [0.717, 1.165) is 5.56 Å². The van der Waals surface area contributed by atoms with Gasteiger partial charge in [0.15, 0.2) is 6.10 Å². The Bertz CT molecular complexity index is 2900. The van der Waals surface area contributed by atoms with Crippen LogP contribution in [0.25, 0.3) is 0 Å². The number of imide groups is 1. The number of methoxy groups -OCH3 is 2. The lowest BCUT2D eigenvalue weighted by atomic mass is 9.89. The lowest BCUT2D eigenvalue weighted by Gasteiger charge is -2.42. The van der Waals surface area contributed by atoms with E-state index in [9.17, 15) is 52.7 Å². The SMILES string of the molecule is CC[C@H](C)[C@@H]([C@@H](CC(=O)N1CCC[C@H]1[C@H](OC)[C@H]1O[C@@H](c2ccccc2)[C@@H](C)NC1=O)OC)N(C)C(=O)[C@H](NC(=O)[C@H](C(C)C)N(C)C(=O)OCc1ccc(NC(=O)[C@H](CCCNC(N)=O)NC(=O)[C@@H](NC(=O)CCCCCN2C(=O)CC(C)C2=O)C(C)C)cc1)C(C)C. The summed E-state index contributed by atoms with van der Waals surface area (Å²) in [6.07, 6.45) is 0.211. The summed E-state index contributed by atoms with van der Waals surface area (Å²) in [4.78, 5) is 153. The van der Waals surface area contributed by atoms with E-state index in [0.29, 0.717) is 56.3 Å². The zero-order valence-electron chi connectivity index (χ0n) is 57.5. The van der Waals surface area contributed by atoms with Crippen LogP contribution in [0.5, 0.6) is 0 Å². The first-order chi connectivity index (χ1) is 44.5. The Kier molecular flexibility index (Phi) is 30.2. The van der Waals surface area contributed by atoms with Crippen molar-refractivity contribution in [1.82, 2.24) is 46.2 Å². The summed E-state index contributed by atoms with van der Waals surface area (Å²) in [5.74, 6) is -5.23. The Balaban J connectivity index is 1.18. The van der Waals surface area contributed by atoms with Gasteiger partial charge in [-0.15, -0.1) is 0 Å². The van der Waals surface area contributed by atoms with E-state index in [-0.39, 0.29) is 105 Å². The number of nitrogens with one attached hydrogen (secondary N) is 6. The van der Waals surface area contributed by atoms with Gasteiger partial charge in [0.1, 0.15) is 43.0 Å². The van der Waals surface area contributed by atoms with Crippen LogP contribution in [0.4, 0.5) is 15.3 Å². The number of morpholine rings is 1. The normalized spacial score (nSPS) is 20.7. The van der Waals surface area contributed by atoms with Crippen molar-refractivity contribution in [1.29, 1.82) is 0 Å². The topological polar surface area (TPSA) is 336 Å². The molecule has 1 unspecified atom stereocenters. The van der Waals surface area contributed by atoms with Gasteiger partial charge in [0, 0.05) is 72.4 Å². The zero-order valence-corrected chi connectivity index (χ0v) is 57.5. The number of benzene rings is 2. The Morgan fingerprint density at radius 3 is 2.03 bits per heavy atom. The number of nitrogens with zero attached hydrogens (tertiary/aromatic N) is 4. The van der Waals surface area contributed by atoms with Gasteiger partial charge in [0.25, 0.3) is 5.91 Å². The Morgan fingerprint density at radius 2 is 1.45 bits per heavy atom. The number of hydrogen-bond acceptors (Lipinski definition) is 15. The van der Waals surface area contributed by atoms with Crippen molar-refractivity contribution in [3.05, 3.63) is 65.7 Å². The average molecular weight is 1320 g/mol. The van der Waals surface area contributed by atoms with E-state index in [2.05, 4.69) is 31.9 Å². The molecule has 5 rings (SSSR count). The number of rotatable bonds is 35. The Hall–Kier alpha value is -7.71. The molecule has 0 bridgehead atoms. The molecule has 0 saturated carbocycles. The molecule has 8 N–H and O–H groups in total. The number of likely N-dealkylation sites (tertiary alicyclic amines) is 2. The number of ether oxygens (including phenoxy) is 4. The second-order valence-corrected chi connectivity index (χ2v) is 26.3. The highest BCUT2D eigenvalue weighted by Crippen LogP contribution is 2.34. The third-order valence-electron chi connectivity index (χ3n) is 18.2. The van der Waals surface area contributed by atoms with Gasteiger partial charge in [-0.3, -0.25) is 53.0 Å². The first-order valence-electron chi connectivity index (χ1n) is 33.2. The molecule has 3 heterocycles. The largest absolute Gasteiger partial charge is 0.445 e. The van der Waals surface area contributed by atoms with Gasteiger partial charge in [-0.1, -0.05) is 118 Å². The van der Waals surface area contributed by atoms with Crippen LogP contribution in [0.3, 0.4) is 0 Å². The Morgan fingerprint density at radius 1 is 0.777 bits per heavy atom. The van der Waals surface area contributed by atoms with E-state index in [1.165, 1.54) is 31.1 Å². The minimum atomic E-state index is -1.11. The van der Waals surface area contributed by atoms with E-state index in [1.807, 2.05) is 51.1 Å². The molecule has 0 aliphatic carbocycles. The number of anilines is 1. The smallest absolute Gasteiger partial charge is 0.410 e. The molecule has 94 heavy (non-hydrogen) atoms. The Labute approximate surface area is 554 Å². The van der Waals surface area contributed by atoms with Gasteiger partial charge in [-0.25, -0.2) is 9.59 Å². The molecular weight excluding hydrogens is 1210 g/mol.